The molecule has 1 aliphatic heterocycles. The van der Waals surface area contributed by atoms with Gasteiger partial charge in [0.15, 0.2) is 0 Å². The minimum Gasteiger partial charge on any atom is -0.481 e. The molecule has 5 nitrogen and oxygen atoms in total. The van der Waals surface area contributed by atoms with Gasteiger partial charge in [0.1, 0.15) is 5.41 Å². The van der Waals surface area contributed by atoms with Crippen LogP contribution >= 0.6 is 0 Å². The minimum absolute atomic E-state index is 0.280. The van der Waals surface area contributed by atoms with E-state index in [-0.39, 0.29) is 6.61 Å². The first-order chi connectivity index (χ1) is 6.73. The molecule has 0 spiro atoms. The number of aromatic nitrogens is 2. The van der Waals surface area contributed by atoms with E-state index in [4.69, 9.17) is 9.84 Å². The highest BCUT2D eigenvalue weighted by Gasteiger charge is 2.43. The van der Waals surface area contributed by atoms with Gasteiger partial charge in [0.25, 0.3) is 0 Å². The SMILES string of the molecule is O=C(O)C1(Cn2cccn2)CCOC1. The summed E-state index contributed by atoms with van der Waals surface area (Å²) in [6.07, 6.45) is 3.97. The quantitative estimate of drug-likeness (QED) is 0.758. The summed E-state index contributed by atoms with van der Waals surface area (Å²) >= 11 is 0. The fraction of sp³-hybridized carbons (Fsp3) is 0.556. The van der Waals surface area contributed by atoms with Gasteiger partial charge in [-0.3, -0.25) is 9.48 Å². The van der Waals surface area contributed by atoms with Crippen molar-refractivity contribution >= 4 is 5.97 Å². The molecule has 0 amide bonds. The van der Waals surface area contributed by atoms with Gasteiger partial charge in [0, 0.05) is 19.0 Å². The number of hydrogen-bond donors (Lipinski definition) is 1. The maximum Gasteiger partial charge on any atom is 0.313 e. The summed E-state index contributed by atoms with van der Waals surface area (Å²) in [6.45, 7) is 1.19. The summed E-state index contributed by atoms with van der Waals surface area (Å²) in [7, 11) is 0. The van der Waals surface area contributed by atoms with Crippen molar-refractivity contribution in [3.8, 4) is 0 Å². The Balaban J connectivity index is 2.16. The number of nitrogens with zero attached hydrogens (tertiary/aromatic N) is 2. The van der Waals surface area contributed by atoms with E-state index in [0.29, 0.717) is 19.6 Å². The van der Waals surface area contributed by atoms with Crippen LogP contribution in [0.25, 0.3) is 0 Å². The molecule has 14 heavy (non-hydrogen) atoms. The lowest BCUT2D eigenvalue weighted by Crippen LogP contribution is -2.36. The third-order valence-electron chi connectivity index (χ3n) is 2.58. The van der Waals surface area contributed by atoms with Gasteiger partial charge in [-0.15, -0.1) is 0 Å². The standard InChI is InChI=1S/C9H12N2O3/c12-8(13)9(2-5-14-7-9)6-11-4-1-3-10-11/h1,3-4H,2,5-7H2,(H,12,13). The molecule has 0 radical (unpaired) electrons. The van der Waals surface area contributed by atoms with E-state index in [9.17, 15) is 4.79 Å². The zero-order valence-electron chi connectivity index (χ0n) is 7.72. The van der Waals surface area contributed by atoms with Gasteiger partial charge in [0.2, 0.25) is 0 Å². The van der Waals surface area contributed by atoms with E-state index in [1.165, 1.54) is 0 Å². The molecule has 0 aliphatic carbocycles. The fourth-order valence-electron chi connectivity index (χ4n) is 1.67. The van der Waals surface area contributed by atoms with Gasteiger partial charge in [0.05, 0.1) is 13.2 Å². The first-order valence-corrected chi connectivity index (χ1v) is 4.52. The first-order valence-electron chi connectivity index (χ1n) is 4.52. The van der Waals surface area contributed by atoms with E-state index in [2.05, 4.69) is 5.10 Å². The summed E-state index contributed by atoms with van der Waals surface area (Å²) < 4.78 is 6.79. The molecule has 1 fully saturated rings. The summed E-state index contributed by atoms with van der Waals surface area (Å²) in [4.78, 5) is 11.1. The normalized spacial score (nSPS) is 26.6. The Morgan fingerprint density at radius 1 is 1.71 bits per heavy atom. The lowest BCUT2D eigenvalue weighted by atomic mass is 9.87. The molecule has 1 aromatic heterocycles. The summed E-state index contributed by atoms with van der Waals surface area (Å²) in [6, 6.07) is 1.78. The van der Waals surface area contributed by atoms with Gasteiger partial charge in [-0.05, 0) is 12.5 Å². The van der Waals surface area contributed by atoms with Crippen molar-refractivity contribution < 1.29 is 14.6 Å². The Labute approximate surface area is 81.3 Å². The van der Waals surface area contributed by atoms with Gasteiger partial charge in [-0.25, -0.2) is 0 Å². The molecule has 2 heterocycles. The zero-order valence-corrected chi connectivity index (χ0v) is 7.72. The van der Waals surface area contributed by atoms with Gasteiger partial charge in [-0.1, -0.05) is 0 Å². The Morgan fingerprint density at radius 3 is 3.07 bits per heavy atom. The van der Waals surface area contributed by atoms with Crippen molar-refractivity contribution in [3.05, 3.63) is 18.5 Å². The van der Waals surface area contributed by atoms with Crippen molar-refractivity contribution in [2.45, 2.75) is 13.0 Å². The number of carboxylic acids is 1. The van der Waals surface area contributed by atoms with Gasteiger partial charge >= 0.3 is 5.97 Å². The highest BCUT2D eigenvalue weighted by molar-refractivity contribution is 5.75. The lowest BCUT2D eigenvalue weighted by Gasteiger charge is -2.21. The number of aliphatic carboxylic acids is 1. The Hall–Kier alpha value is -1.36. The lowest BCUT2D eigenvalue weighted by molar-refractivity contribution is -0.150. The Morgan fingerprint density at radius 2 is 2.57 bits per heavy atom. The Kier molecular flexibility index (Phi) is 2.25. The molecule has 1 aromatic rings. The molecule has 1 aliphatic rings. The second-order valence-corrected chi connectivity index (χ2v) is 3.59. The number of hydrogen-bond acceptors (Lipinski definition) is 3. The van der Waals surface area contributed by atoms with Crippen LogP contribution < -0.4 is 0 Å². The number of ether oxygens (including phenoxy) is 1. The molecule has 1 unspecified atom stereocenters. The number of carbonyl (C=O) groups is 1. The molecule has 2 rings (SSSR count). The van der Waals surface area contributed by atoms with Crippen LogP contribution in [0.1, 0.15) is 6.42 Å². The van der Waals surface area contributed by atoms with Crippen molar-refractivity contribution in [2.75, 3.05) is 13.2 Å². The predicted molar refractivity (Wildman–Crippen MR) is 47.7 cm³/mol. The molecule has 1 atom stereocenters. The van der Waals surface area contributed by atoms with Crippen LogP contribution in [0.4, 0.5) is 0 Å². The van der Waals surface area contributed by atoms with E-state index in [1.807, 2.05) is 0 Å². The van der Waals surface area contributed by atoms with Crippen LogP contribution in [0.5, 0.6) is 0 Å². The third-order valence-corrected chi connectivity index (χ3v) is 2.58. The second kappa shape index (κ2) is 3.42. The maximum atomic E-state index is 11.1. The average molecular weight is 196 g/mol. The topological polar surface area (TPSA) is 64.3 Å². The summed E-state index contributed by atoms with van der Waals surface area (Å²) in [5.41, 5.74) is -0.786. The van der Waals surface area contributed by atoms with E-state index in [0.717, 1.165) is 0 Å². The fourth-order valence-corrected chi connectivity index (χ4v) is 1.67. The van der Waals surface area contributed by atoms with E-state index in [1.54, 1.807) is 23.1 Å². The number of carboxylic acid groups (broad SMARTS) is 1. The first kappa shape index (κ1) is 9.21. The average Bonchev–Trinajstić information content (AvgIpc) is 2.76. The van der Waals surface area contributed by atoms with Crippen molar-refractivity contribution in [1.29, 1.82) is 0 Å². The van der Waals surface area contributed by atoms with Crippen LogP contribution in [-0.2, 0) is 16.1 Å². The molecular weight excluding hydrogens is 184 g/mol. The van der Waals surface area contributed by atoms with Crippen LogP contribution in [0.15, 0.2) is 18.5 Å². The third kappa shape index (κ3) is 1.50. The largest absolute Gasteiger partial charge is 0.481 e. The van der Waals surface area contributed by atoms with Gasteiger partial charge < -0.3 is 9.84 Å². The number of rotatable bonds is 3. The van der Waals surface area contributed by atoms with Crippen molar-refractivity contribution in [1.82, 2.24) is 9.78 Å². The van der Waals surface area contributed by atoms with Crippen LogP contribution in [-0.4, -0.2) is 34.1 Å². The van der Waals surface area contributed by atoms with E-state index < -0.39 is 11.4 Å². The summed E-state index contributed by atoms with van der Waals surface area (Å²) in [5, 5.41) is 13.1. The molecule has 76 valence electrons. The molecule has 1 N–H and O–H groups in total. The van der Waals surface area contributed by atoms with Crippen molar-refractivity contribution in [2.24, 2.45) is 5.41 Å². The maximum absolute atomic E-state index is 11.1. The zero-order chi connectivity index (χ0) is 10.0. The molecule has 0 aromatic carbocycles. The smallest absolute Gasteiger partial charge is 0.313 e. The molecule has 1 saturated heterocycles. The molecule has 0 saturated carbocycles. The second-order valence-electron chi connectivity index (χ2n) is 3.59. The molecule has 5 heteroatoms. The van der Waals surface area contributed by atoms with Crippen LogP contribution in [0.3, 0.4) is 0 Å². The van der Waals surface area contributed by atoms with Crippen molar-refractivity contribution in [3.63, 3.8) is 0 Å². The van der Waals surface area contributed by atoms with Gasteiger partial charge in [-0.2, -0.15) is 5.10 Å². The highest BCUT2D eigenvalue weighted by Crippen LogP contribution is 2.30. The van der Waals surface area contributed by atoms with E-state index >= 15 is 0 Å². The van der Waals surface area contributed by atoms with Crippen LogP contribution in [0, 0.1) is 5.41 Å². The van der Waals surface area contributed by atoms with Crippen LogP contribution in [0.2, 0.25) is 0 Å². The predicted octanol–water partition coefficient (Wildman–Crippen LogP) is 0.374. The molecular formula is C9H12N2O3. The minimum atomic E-state index is -0.800. The monoisotopic (exact) mass is 196 g/mol. The highest BCUT2D eigenvalue weighted by atomic mass is 16.5. The Bertz CT molecular complexity index is 315. The summed E-state index contributed by atoms with van der Waals surface area (Å²) in [5.74, 6) is -0.800. The molecule has 0 bridgehead atoms.